The average Bonchev–Trinajstić information content (AvgIpc) is 2.78. The fourth-order valence-electron chi connectivity index (χ4n) is 2.32. The molecule has 0 saturated carbocycles. The van der Waals surface area contributed by atoms with E-state index in [0.29, 0.717) is 18.1 Å². The average molecular weight is 268 g/mol. The number of nitrogens with two attached hydrogens (primary N) is 1. The number of anilines is 1. The molecule has 2 aromatic heterocycles. The number of nitrogens with zero attached hydrogens (tertiary/aromatic N) is 3. The Kier molecular flexibility index (Phi) is 3.12. The van der Waals surface area contributed by atoms with Crippen molar-refractivity contribution in [2.75, 3.05) is 5.73 Å². The summed E-state index contributed by atoms with van der Waals surface area (Å²) >= 11 is 0. The summed E-state index contributed by atoms with van der Waals surface area (Å²) in [6.07, 6.45) is 2.88. The van der Waals surface area contributed by atoms with Gasteiger partial charge in [-0.15, -0.1) is 0 Å². The number of nitrogen functional groups attached to an aromatic ring is 1. The van der Waals surface area contributed by atoms with E-state index < -0.39 is 6.10 Å². The number of pyridine rings is 1. The van der Waals surface area contributed by atoms with Gasteiger partial charge >= 0.3 is 0 Å². The van der Waals surface area contributed by atoms with Crippen molar-refractivity contribution in [2.45, 2.75) is 19.6 Å². The molecule has 0 fully saturated rings. The highest BCUT2D eigenvalue weighted by molar-refractivity contribution is 5.79. The van der Waals surface area contributed by atoms with Gasteiger partial charge < -0.3 is 15.4 Å². The largest absolute Gasteiger partial charge is 0.399 e. The molecule has 0 amide bonds. The quantitative estimate of drug-likeness (QED) is 0.713. The van der Waals surface area contributed by atoms with Crippen molar-refractivity contribution in [3.63, 3.8) is 0 Å². The Labute approximate surface area is 116 Å². The first kappa shape index (κ1) is 12.6. The van der Waals surface area contributed by atoms with Gasteiger partial charge in [-0.3, -0.25) is 4.98 Å². The van der Waals surface area contributed by atoms with Crippen LogP contribution in [0.5, 0.6) is 0 Å². The summed E-state index contributed by atoms with van der Waals surface area (Å²) in [6, 6.07) is 9.51. The number of hydrogen-bond acceptors (Lipinski definition) is 4. The van der Waals surface area contributed by atoms with Gasteiger partial charge in [0, 0.05) is 24.6 Å². The third-order valence-corrected chi connectivity index (χ3v) is 3.27. The fraction of sp³-hybridized carbons (Fsp3) is 0.200. The number of hydrogen-bond donors (Lipinski definition) is 2. The normalized spacial score (nSPS) is 12.7. The van der Waals surface area contributed by atoms with Crippen molar-refractivity contribution in [2.24, 2.45) is 0 Å². The molecule has 0 saturated heterocycles. The number of benzene rings is 1. The van der Waals surface area contributed by atoms with E-state index in [0.717, 1.165) is 16.6 Å². The molecule has 1 aromatic carbocycles. The smallest absolute Gasteiger partial charge is 0.138 e. The van der Waals surface area contributed by atoms with E-state index in [1.54, 1.807) is 19.3 Å². The number of aliphatic hydroxyl groups is 1. The van der Waals surface area contributed by atoms with Crippen molar-refractivity contribution in [3.05, 3.63) is 54.1 Å². The van der Waals surface area contributed by atoms with Gasteiger partial charge in [-0.05, 0) is 42.8 Å². The molecule has 0 bridgehead atoms. The molecule has 5 heteroatoms. The first-order chi connectivity index (χ1) is 9.65. The van der Waals surface area contributed by atoms with Crippen molar-refractivity contribution in [3.8, 4) is 0 Å². The Balaban J connectivity index is 2.14. The Morgan fingerprint density at radius 2 is 2.00 bits per heavy atom. The molecule has 0 spiro atoms. The fourth-order valence-corrected chi connectivity index (χ4v) is 2.32. The minimum absolute atomic E-state index is 0.634. The lowest BCUT2D eigenvalue weighted by atomic mass is 10.2. The van der Waals surface area contributed by atoms with E-state index in [2.05, 4.69) is 9.97 Å². The summed E-state index contributed by atoms with van der Waals surface area (Å²) in [5.74, 6) is 0.641. The monoisotopic (exact) mass is 268 g/mol. The maximum Gasteiger partial charge on any atom is 0.138 e. The predicted octanol–water partition coefficient (Wildman–Crippen LogP) is 2.12. The minimum Gasteiger partial charge on any atom is -0.399 e. The van der Waals surface area contributed by atoms with E-state index in [1.165, 1.54) is 0 Å². The van der Waals surface area contributed by atoms with Crippen LogP contribution >= 0.6 is 0 Å². The molecule has 0 aliphatic heterocycles. The summed E-state index contributed by atoms with van der Waals surface area (Å²) in [4.78, 5) is 8.50. The van der Waals surface area contributed by atoms with Crippen LogP contribution in [0.2, 0.25) is 0 Å². The third kappa shape index (κ3) is 2.23. The van der Waals surface area contributed by atoms with Gasteiger partial charge in [-0.25, -0.2) is 4.98 Å². The molecule has 1 unspecified atom stereocenters. The van der Waals surface area contributed by atoms with Crippen molar-refractivity contribution in [1.29, 1.82) is 0 Å². The topological polar surface area (TPSA) is 77.0 Å². The highest BCUT2D eigenvalue weighted by Gasteiger charge is 2.15. The molecule has 102 valence electrons. The second-order valence-electron chi connectivity index (χ2n) is 4.84. The molecule has 20 heavy (non-hydrogen) atoms. The van der Waals surface area contributed by atoms with E-state index in [9.17, 15) is 5.11 Å². The standard InChI is InChI=1S/C15H16N4O/c1-10(20)15-18-13-8-12(16)2-3-14(13)19(15)9-11-4-6-17-7-5-11/h2-8,10,20H,9,16H2,1H3. The predicted molar refractivity (Wildman–Crippen MR) is 78.1 cm³/mol. The lowest BCUT2D eigenvalue weighted by Gasteiger charge is -2.11. The zero-order valence-electron chi connectivity index (χ0n) is 11.2. The molecular formula is C15H16N4O. The molecule has 3 aromatic rings. The van der Waals surface area contributed by atoms with Crippen molar-refractivity contribution in [1.82, 2.24) is 14.5 Å². The van der Waals surface area contributed by atoms with Crippen molar-refractivity contribution < 1.29 is 5.11 Å². The van der Waals surface area contributed by atoms with E-state index in [1.807, 2.05) is 34.9 Å². The number of rotatable bonds is 3. The highest BCUT2D eigenvalue weighted by atomic mass is 16.3. The summed E-state index contributed by atoms with van der Waals surface area (Å²) in [5.41, 5.74) is 9.34. The van der Waals surface area contributed by atoms with Gasteiger partial charge in [-0.2, -0.15) is 0 Å². The van der Waals surface area contributed by atoms with Crippen LogP contribution in [0.3, 0.4) is 0 Å². The van der Waals surface area contributed by atoms with Crippen LogP contribution in [0.4, 0.5) is 5.69 Å². The second kappa shape index (κ2) is 4.94. The second-order valence-corrected chi connectivity index (χ2v) is 4.84. The molecule has 0 radical (unpaired) electrons. The Bertz CT molecular complexity index is 734. The van der Waals surface area contributed by atoms with Gasteiger partial charge in [0.1, 0.15) is 11.9 Å². The number of aliphatic hydroxyl groups excluding tert-OH is 1. The number of aromatic nitrogens is 3. The third-order valence-electron chi connectivity index (χ3n) is 3.27. The molecule has 3 rings (SSSR count). The van der Waals surface area contributed by atoms with Gasteiger partial charge in [0.2, 0.25) is 0 Å². The van der Waals surface area contributed by atoms with Crippen LogP contribution < -0.4 is 5.73 Å². The molecule has 0 aliphatic carbocycles. The zero-order valence-corrected chi connectivity index (χ0v) is 11.2. The van der Waals surface area contributed by atoms with E-state index >= 15 is 0 Å². The lowest BCUT2D eigenvalue weighted by Crippen LogP contribution is -2.08. The molecule has 3 N–H and O–H groups in total. The molecular weight excluding hydrogens is 252 g/mol. The maximum absolute atomic E-state index is 9.93. The van der Waals surface area contributed by atoms with Crippen molar-refractivity contribution >= 4 is 16.7 Å². The molecule has 2 heterocycles. The number of imidazole rings is 1. The zero-order chi connectivity index (χ0) is 14.1. The van der Waals surface area contributed by atoms with Gasteiger partial charge in [0.05, 0.1) is 11.0 Å². The Morgan fingerprint density at radius 3 is 2.70 bits per heavy atom. The van der Waals surface area contributed by atoms with Gasteiger partial charge in [0.15, 0.2) is 0 Å². The summed E-state index contributed by atoms with van der Waals surface area (Å²) in [6.45, 7) is 2.36. The summed E-state index contributed by atoms with van der Waals surface area (Å²) in [5, 5.41) is 9.93. The Hall–Kier alpha value is -2.40. The van der Waals surface area contributed by atoms with Crippen LogP contribution in [0.1, 0.15) is 24.4 Å². The van der Waals surface area contributed by atoms with E-state index in [-0.39, 0.29) is 0 Å². The highest BCUT2D eigenvalue weighted by Crippen LogP contribution is 2.23. The molecule has 5 nitrogen and oxygen atoms in total. The van der Waals surface area contributed by atoms with Gasteiger partial charge in [0.25, 0.3) is 0 Å². The molecule has 0 aliphatic rings. The van der Waals surface area contributed by atoms with Crippen LogP contribution in [0.15, 0.2) is 42.7 Å². The van der Waals surface area contributed by atoms with Crippen LogP contribution in [0.25, 0.3) is 11.0 Å². The van der Waals surface area contributed by atoms with Crippen LogP contribution in [0, 0.1) is 0 Å². The Morgan fingerprint density at radius 1 is 1.25 bits per heavy atom. The van der Waals surface area contributed by atoms with E-state index in [4.69, 9.17) is 5.73 Å². The SMILES string of the molecule is CC(O)c1nc2cc(N)ccc2n1Cc1ccncc1. The summed E-state index contributed by atoms with van der Waals surface area (Å²) in [7, 11) is 0. The summed E-state index contributed by atoms with van der Waals surface area (Å²) < 4.78 is 2.01. The lowest BCUT2D eigenvalue weighted by molar-refractivity contribution is 0.185. The molecule has 1 atom stereocenters. The first-order valence-corrected chi connectivity index (χ1v) is 6.48. The van der Waals surface area contributed by atoms with Crippen LogP contribution in [-0.2, 0) is 6.54 Å². The van der Waals surface area contributed by atoms with Crippen LogP contribution in [-0.4, -0.2) is 19.6 Å². The van der Waals surface area contributed by atoms with Gasteiger partial charge in [-0.1, -0.05) is 0 Å². The maximum atomic E-state index is 9.93. The minimum atomic E-state index is -0.634. The number of fused-ring (bicyclic) bond motifs is 1. The first-order valence-electron chi connectivity index (χ1n) is 6.48.